The molecule has 0 fully saturated rings. The molecule has 0 radical (unpaired) electrons. The minimum atomic E-state index is 0.202. The molecule has 0 aliphatic rings. The highest BCUT2D eigenvalue weighted by Gasteiger charge is 2.19. The molecule has 3 heteroatoms. The molecule has 14 heavy (non-hydrogen) atoms. The van der Waals surface area contributed by atoms with Gasteiger partial charge in [0.15, 0.2) is 0 Å². The van der Waals surface area contributed by atoms with Gasteiger partial charge in [0, 0.05) is 37.4 Å². The van der Waals surface area contributed by atoms with Crippen LogP contribution in [0, 0.1) is 0 Å². The SMILES string of the molecule is CNCCNCC(C)(C)c1cc[nH]c1. The molecule has 1 aromatic heterocycles. The maximum absolute atomic E-state index is 3.44. The van der Waals surface area contributed by atoms with Crippen molar-refractivity contribution in [1.29, 1.82) is 0 Å². The summed E-state index contributed by atoms with van der Waals surface area (Å²) in [6.07, 6.45) is 4.05. The van der Waals surface area contributed by atoms with Crippen molar-refractivity contribution in [2.75, 3.05) is 26.7 Å². The minimum absolute atomic E-state index is 0.202. The molecule has 0 saturated heterocycles. The van der Waals surface area contributed by atoms with Crippen LogP contribution in [0.25, 0.3) is 0 Å². The van der Waals surface area contributed by atoms with E-state index in [2.05, 4.69) is 41.7 Å². The molecule has 0 unspecified atom stereocenters. The van der Waals surface area contributed by atoms with Crippen molar-refractivity contribution in [2.24, 2.45) is 0 Å². The predicted octanol–water partition coefficient (Wildman–Crippen LogP) is 1.10. The lowest BCUT2D eigenvalue weighted by Gasteiger charge is -2.24. The van der Waals surface area contributed by atoms with Crippen molar-refractivity contribution in [2.45, 2.75) is 19.3 Å². The summed E-state index contributed by atoms with van der Waals surface area (Å²) in [6, 6.07) is 2.14. The molecule has 0 atom stereocenters. The van der Waals surface area contributed by atoms with Crippen LogP contribution in [-0.4, -0.2) is 31.7 Å². The molecule has 0 aliphatic carbocycles. The van der Waals surface area contributed by atoms with E-state index in [9.17, 15) is 0 Å². The van der Waals surface area contributed by atoms with E-state index in [4.69, 9.17) is 0 Å². The first kappa shape index (κ1) is 11.3. The third-order valence-electron chi connectivity index (χ3n) is 2.50. The molecule has 0 amide bonds. The first-order chi connectivity index (χ1) is 6.67. The van der Waals surface area contributed by atoms with Gasteiger partial charge >= 0.3 is 0 Å². The normalized spacial score (nSPS) is 11.9. The van der Waals surface area contributed by atoms with Crippen molar-refractivity contribution in [3.8, 4) is 0 Å². The molecule has 80 valence electrons. The van der Waals surface area contributed by atoms with Crippen molar-refractivity contribution in [3.63, 3.8) is 0 Å². The quantitative estimate of drug-likeness (QED) is 0.595. The third-order valence-corrected chi connectivity index (χ3v) is 2.50. The highest BCUT2D eigenvalue weighted by Crippen LogP contribution is 2.21. The largest absolute Gasteiger partial charge is 0.367 e. The van der Waals surface area contributed by atoms with Gasteiger partial charge in [-0.15, -0.1) is 0 Å². The summed E-state index contributed by atoms with van der Waals surface area (Å²) in [6.45, 7) is 7.55. The summed E-state index contributed by atoms with van der Waals surface area (Å²) in [5, 5.41) is 6.56. The number of H-pyrrole nitrogens is 1. The Morgan fingerprint density at radius 2 is 2.14 bits per heavy atom. The maximum atomic E-state index is 3.44. The number of rotatable bonds is 6. The van der Waals surface area contributed by atoms with Gasteiger partial charge in [-0.25, -0.2) is 0 Å². The number of hydrogen-bond donors (Lipinski definition) is 3. The van der Waals surface area contributed by atoms with E-state index >= 15 is 0 Å². The van der Waals surface area contributed by atoms with E-state index in [0.29, 0.717) is 0 Å². The van der Waals surface area contributed by atoms with Gasteiger partial charge < -0.3 is 15.6 Å². The van der Waals surface area contributed by atoms with Gasteiger partial charge in [-0.1, -0.05) is 13.8 Å². The number of hydrogen-bond acceptors (Lipinski definition) is 2. The summed E-state index contributed by atoms with van der Waals surface area (Å²) in [4.78, 5) is 3.10. The summed E-state index contributed by atoms with van der Waals surface area (Å²) in [5.41, 5.74) is 1.56. The summed E-state index contributed by atoms with van der Waals surface area (Å²) in [5.74, 6) is 0. The van der Waals surface area contributed by atoms with Crippen LogP contribution in [0.1, 0.15) is 19.4 Å². The van der Waals surface area contributed by atoms with Crippen LogP contribution in [0.3, 0.4) is 0 Å². The molecule has 1 aromatic rings. The van der Waals surface area contributed by atoms with Crippen molar-refractivity contribution in [3.05, 3.63) is 24.0 Å². The standard InChI is InChI=1S/C11H21N3/c1-11(2,9-14-7-6-12-3)10-4-5-13-8-10/h4-5,8,12-14H,6-7,9H2,1-3H3. The zero-order valence-corrected chi connectivity index (χ0v) is 9.35. The van der Waals surface area contributed by atoms with Crippen LogP contribution in [0.2, 0.25) is 0 Å². The second-order valence-electron chi connectivity index (χ2n) is 4.26. The number of aromatic amines is 1. The molecule has 1 rings (SSSR count). The van der Waals surface area contributed by atoms with E-state index in [1.165, 1.54) is 5.56 Å². The number of aromatic nitrogens is 1. The Kier molecular flexibility index (Phi) is 4.17. The highest BCUT2D eigenvalue weighted by molar-refractivity contribution is 5.20. The molecule has 3 N–H and O–H groups in total. The Morgan fingerprint density at radius 1 is 1.36 bits per heavy atom. The highest BCUT2D eigenvalue weighted by atomic mass is 14.9. The second kappa shape index (κ2) is 5.17. The average Bonchev–Trinajstić information content (AvgIpc) is 2.65. The Morgan fingerprint density at radius 3 is 2.71 bits per heavy atom. The van der Waals surface area contributed by atoms with E-state index < -0.39 is 0 Å². The minimum Gasteiger partial charge on any atom is -0.367 e. The Bertz CT molecular complexity index is 239. The topological polar surface area (TPSA) is 39.8 Å². The Hall–Kier alpha value is -0.800. The second-order valence-corrected chi connectivity index (χ2v) is 4.26. The molecule has 1 heterocycles. The molecular weight excluding hydrogens is 174 g/mol. The number of likely N-dealkylation sites (N-methyl/N-ethyl adjacent to an activating group) is 1. The molecule has 0 aromatic carbocycles. The lowest BCUT2D eigenvalue weighted by molar-refractivity contribution is 0.469. The molecule has 0 saturated carbocycles. The fraction of sp³-hybridized carbons (Fsp3) is 0.636. The maximum Gasteiger partial charge on any atom is 0.00769 e. The fourth-order valence-electron chi connectivity index (χ4n) is 1.46. The zero-order chi connectivity index (χ0) is 10.4. The van der Waals surface area contributed by atoms with Crippen LogP contribution < -0.4 is 10.6 Å². The lowest BCUT2D eigenvalue weighted by Crippen LogP contribution is -2.35. The van der Waals surface area contributed by atoms with Gasteiger partial charge in [0.25, 0.3) is 0 Å². The van der Waals surface area contributed by atoms with E-state index in [1.807, 2.05) is 13.2 Å². The first-order valence-electron chi connectivity index (χ1n) is 5.15. The molecule has 0 bridgehead atoms. The van der Waals surface area contributed by atoms with Crippen LogP contribution in [-0.2, 0) is 5.41 Å². The Balaban J connectivity index is 2.35. The zero-order valence-electron chi connectivity index (χ0n) is 9.35. The van der Waals surface area contributed by atoms with Gasteiger partial charge in [0.1, 0.15) is 0 Å². The Labute approximate surface area is 86.3 Å². The van der Waals surface area contributed by atoms with Gasteiger partial charge in [0.2, 0.25) is 0 Å². The molecule has 0 spiro atoms. The fourth-order valence-corrected chi connectivity index (χ4v) is 1.46. The van der Waals surface area contributed by atoms with E-state index in [0.717, 1.165) is 19.6 Å². The average molecular weight is 195 g/mol. The van der Waals surface area contributed by atoms with Gasteiger partial charge in [-0.05, 0) is 18.7 Å². The van der Waals surface area contributed by atoms with Crippen LogP contribution in [0.15, 0.2) is 18.5 Å². The van der Waals surface area contributed by atoms with Crippen molar-refractivity contribution >= 4 is 0 Å². The molecule has 0 aliphatic heterocycles. The monoisotopic (exact) mass is 195 g/mol. The number of nitrogens with one attached hydrogen (secondary N) is 3. The van der Waals surface area contributed by atoms with E-state index in [-0.39, 0.29) is 5.41 Å². The molecular formula is C11H21N3. The van der Waals surface area contributed by atoms with Crippen molar-refractivity contribution < 1.29 is 0 Å². The van der Waals surface area contributed by atoms with Crippen molar-refractivity contribution in [1.82, 2.24) is 15.6 Å². The first-order valence-corrected chi connectivity index (χ1v) is 5.15. The van der Waals surface area contributed by atoms with Crippen LogP contribution in [0.5, 0.6) is 0 Å². The van der Waals surface area contributed by atoms with Gasteiger partial charge in [-0.3, -0.25) is 0 Å². The molecule has 3 nitrogen and oxygen atoms in total. The van der Waals surface area contributed by atoms with Gasteiger partial charge in [-0.2, -0.15) is 0 Å². The predicted molar refractivity (Wildman–Crippen MR) is 60.6 cm³/mol. The summed E-state index contributed by atoms with van der Waals surface area (Å²) >= 11 is 0. The van der Waals surface area contributed by atoms with Gasteiger partial charge in [0.05, 0.1) is 0 Å². The van der Waals surface area contributed by atoms with Crippen LogP contribution in [0.4, 0.5) is 0 Å². The third kappa shape index (κ3) is 3.16. The smallest absolute Gasteiger partial charge is 0.00769 e. The van der Waals surface area contributed by atoms with E-state index in [1.54, 1.807) is 0 Å². The lowest BCUT2D eigenvalue weighted by atomic mass is 9.86. The summed E-state index contributed by atoms with van der Waals surface area (Å²) < 4.78 is 0. The summed E-state index contributed by atoms with van der Waals surface area (Å²) in [7, 11) is 1.97. The van der Waals surface area contributed by atoms with Crippen LogP contribution >= 0.6 is 0 Å².